The normalized spacial score (nSPS) is 17.6. The lowest BCUT2D eigenvalue weighted by Gasteiger charge is -2.25. The van der Waals surface area contributed by atoms with Gasteiger partial charge in [0.2, 0.25) is 0 Å². The Bertz CT molecular complexity index is 1210. The second-order valence-corrected chi connectivity index (χ2v) is 7.59. The van der Waals surface area contributed by atoms with Crippen molar-refractivity contribution in [3.63, 3.8) is 0 Å². The number of aromatic nitrogens is 1. The lowest BCUT2D eigenvalue weighted by Crippen LogP contribution is -2.29. The van der Waals surface area contributed by atoms with E-state index in [1.807, 2.05) is 0 Å². The van der Waals surface area contributed by atoms with Crippen LogP contribution in [0.5, 0.6) is 5.75 Å². The van der Waals surface area contributed by atoms with Crippen molar-refractivity contribution in [2.75, 3.05) is 7.11 Å². The van der Waals surface area contributed by atoms with Crippen LogP contribution in [0.25, 0.3) is 5.76 Å². The van der Waals surface area contributed by atoms with Crippen molar-refractivity contribution in [3.8, 4) is 5.75 Å². The molecule has 1 aliphatic heterocycles. The Morgan fingerprint density at radius 2 is 1.94 bits per heavy atom. The molecule has 162 valence electrons. The fourth-order valence-corrected chi connectivity index (χ4v) is 3.88. The molecule has 1 saturated heterocycles. The van der Waals surface area contributed by atoms with E-state index >= 15 is 0 Å². The topological polar surface area (TPSA) is 79.7 Å². The molecule has 2 aromatic carbocycles. The van der Waals surface area contributed by atoms with Gasteiger partial charge in [0.25, 0.3) is 11.7 Å². The number of rotatable bonds is 5. The molecule has 1 N–H and O–H groups in total. The van der Waals surface area contributed by atoms with Crippen molar-refractivity contribution >= 4 is 29.1 Å². The maximum atomic E-state index is 13.3. The number of methoxy groups -OCH3 is 1. The number of amides is 1. The van der Waals surface area contributed by atoms with Crippen LogP contribution in [-0.4, -0.2) is 33.8 Å². The molecule has 32 heavy (non-hydrogen) atoms. The number of carbonyl (C=O) groups excluding carboxylic acids is 2. The largest absolute Gasteiger partial charge is 0.507 e. The molecule has 8 heteroatoms. The monoisotopic (exact) mass is 452 g/mol. The number of halogens is 2. The molecule has 1 aliphatic rings. The molecule has 1 amide bonds. The van der Waals surface area contributed by atoms with Gasteiger partial charge in [-0.25, -0.2) is 4.39 Å². The van der Waals surface area contributed by atoms with Crippen molar-refractivity contribution < 1.29 is 23.8 Å². The molecule has 2 heterocycles. The van der Waals surface area contributed by atoms with Gasteiger partial charge >= 0.3 is 0 Å². The van der Waals surface area contributed by atoms with Gasteiger partial charge in [-0.2, -0.15) is 0 Å². The third kappa shape index (κ3) is 3.94. The Morgan fingerprint density at radius 1 is 1.19 bits per heavy atom. The molecule has 1 fully saturated rings. The van der Waals surface area contributed by atoms with Gasteiger partial charge in [0.15, 0.2) is 0 Å². The molecule has 1 unspecified atom stereocenters. The third-order valence-electron chi connectivity index (χ3n) is 5.23. The maximum Gasteiger partial charge on any atom is 0.295 e. The molecule has 1 atom stereocenters. The van der Waals surface area contributed by atoms with E-state index in [2.05, 4.69) is 4.98 Å². The van der Waals surface area contributed by atoms with Crippen LogP contribution in [0.3, 0.4) is 0 Å². The highest BCUT2D eigenvalue weighted by molar-refractivity contribution is 6.47. The first-order chi connectivity index (χ1) is 15.4. The van der Waals surface area contributed by atoms with E-state index in [1.165, 1.54) is 54.6 Å². The average molecular weight is 453 g/mol. The van der Waals surface area contributed by atoms with E-state index in [9.17, 15) is 19.1 Å². The van der Waals surface area contributed by atoms with E-state index in [0.717, 1.165) is 0 Å². The van der Waals surface area contributed by atoms with Gasteiger partial charge in [0, 0.05) is 24.5 Å². The first kappa shape index (κ1) is 21.5. The van der Waals surface area contributed by atoms with Crippen LogP contribution >= 0.6 is 11.6 Å². The molecule has 0 radical (unpaired) electrons. The van der Waals surface area contributed by atoms with Crippen molar-refractivity contribution in [1.29, 1.82) is 0 Å². The summed E-state index contributed by atoms with van der Waals surface area (Å²) in [7, 11) is 1.46. The second-order valence-electron chi connectivity index (χ2n) is 7.19. The van der Waals surface area contributed by atoms with Gasteiger partial charge < -0.3 is 14.7 Å². The van der Waals surface area contributed by atoms with E-state index < -0.39 is 29.3 Å². The minimum Gasteiger partial charge on any atom is -0.507 e. The van der Waals surface area contributed by atoms with Crippen molar-refractivity contribution in [1.82, 2.24) is 9.88 Å². The Morgan fingerprint density at radius 3 is 2.59 bits per heavy atom. The van der Waals surface area contributed by atoms with E-state index in [0.29, 0.717) is 16.9 Å². The van der Waals surface area contributed by atoms with Gasteiger partial charge in [-0.3, -0.25) is 14.6 Å². The van der Waals surface area contributed by atoms with Crippen LogP contribution in [0.1, 0.15) is 22.7 Å². The number of aliphatic hydroxyl groups is 1. The number of ether oxygens (including phenoxy) is 1. The minimum atomic E-state index is -0.906. The van der Waals surface area contributed by atoms with Gasteiger partial charge in [-0.1, -0.05) is 29.8 Å². The molecular weight excluding hydrogens is 435 g/mol. The molecule has 0 spiro atoms. The zero-order chi connectivity index (χ0) is 22.8. The van der Waals surface area contributed by atoms with Crippen molar-refractivity contribution in [2.45, 2.75) is 12.6 Å². The van der Waals surface area contributed by atoms with Crippen molar-refractivity contribution in [2.24, 2.45) is 0 Å². The van der Waals surface area contributed by atoms with Gasteiger partial charge in [0.05, 0.1) is 23.7 Å². The number of benzene rings is 2. The number of carbonyl (C=O) groups is 2. The summed E-state index contributed by atoms with van der Waals surface area (Å²) in [4.78, 5) is 31.5. The molecule has 1 aromatic heterocycles. The molecule has 0 aliphatic carbocycles. The van der Waals surface area contributed by atoms with E-state index in [1.54, 1.807) is 24.4 Å². The number of pyridine rings is 1. The first-order valence-corrected chi connectivity index (χ1v) is 10.0. The van der Waals surface area contributed by atoms with Crippen LogP contribution in [0.2, 0.25) is 5.02 Å². The van der Waals surface area contributed by atoms with Crippen molar-refractivity contribution in [3.05, 3.63) is 100 Å². The highest BCUT2D eigenvalue weighted by atomic mass is 35.5. The Balaban J connectivity index is 1.87. The van der Waals surface area contributed by atoms with Crippen LogP contribution in [0.15, 0.2) is 72.6 Å². The summed E-state index contributed by atoms with van der Waals surface area (Å²) in [5, 5.41) is 11.3. The highest BCUT2D eigenvalue weighted by Crippen LogP contribution is 2.41. The maximum absolute atomic E-state index is 13.3. The first-order valence-electron chi connectivity index (χ1n) is 9.67. The number of Topliss-reactive ketones (excluding diaryl/α,β-unsaturated/α-hetero) is 1. The molecule has 3 aromatic rings. The minimum absolute atomic E-state index is 0.0348. The fourth-order valence-electron chi connectivity index (χ4n) is 3.67. The fraction of sp³-hybridized carbons (Fsp3) is 0.125. The van der Waals surface area contributed by atoms with Crippen LogP contribution in [0.4, 0.5) is 4.39 Å². The third-order valence-corrected chi connectivity index (χ3v) is 5.56. The van der Waals surface area contributed by atoms with Gasteiger partial charge in [-0.05, 0) is 47.5 Å². The molecule has 0 bridgehead atoms. The number of aliphatic hydroxyl groups excluding tert-OH is 1. The Hall–Kier alpha value is -3.71. The summed E-state index contributed by atoms with van der Waals surface area (Å²) in [6.07, 6.45) is 3.09. The summed E-state index contributed by atoms with van der Waals surface area (Å²) >= 11 is 6.28. The van der Waals surface area contributed by atoms with Crippen LogP contribution in [0, 0.1) is 5.82 Å². The number of nitrogens with zero attached hydrogens (tertiary/aromatic N) is 2. The molecular formula is C24H18ClFN2O4. The number of hydrogen-bond donors (Lipinski definition) is 1. The number of likely N-dealkylation sites (tertiary alicyclic amines) is 1. The number of hydrogen-bond acceptors (Lipinski definition) is 5. The summed E-state index contributed by atoms with van der Waals surface area (Å²) in [5.74, 6) is -2.04. The lowest BCUT2D eigenvalue weighted by molar-refractivity contribution is -0.140. The standard InChI is InChI=1S/C24H18ClFN2O4/c1-32-17-8-9-19(25)18(11-17)22(29)20-21(15-3-2-10-27-12-15)28(24(31)23(20)30)13-14-4-6-16(26)7-5-14/h2-12,21,29H,13H2,1H3/b22-20+. The predicted molar refractivity (Wildman–Crippen MR) is 116 cm³/mol. The summed E-state index contributed by atoms with van der Waals surface area (Å²) in [6.45, 7) is 0.0348. The van der Waals surface area contributed by atoms with Crippen LogP contribution < -0.4 is 4.74 Å². The number of ketones is 1. The second kappa shape index (κ2) is 8.80. The Kier molecular flexibility index (Phi) is 5.92. The summed E-state index contributed by atoms with van der Waals surface area (Å²) in [6, 6.07) is 12.7. The highest BCUT2D eigenvalue weighted by Gasteiger charge is 2.46. The zero-order valence-electron chi connectivity index (χ0n) is 17.0. The van der Waals surface area contributed by atoms with E-state index in [-0.39, 0.29) is 22.7 Å². The SMILES string of the molecule is COc1ccc(Cl)c(/C(O)=C2\C(=O)C(=O)N(Cc3ccc(F)cc3)C2c2cccnc2)c1. The van der Waals surface area contributed by atoms with E-state index in [4.69, 9.17) is 16.3 Å². The van der Waals surface area contributed by atoms with Crippen LogP contribution in [-0.2, 0) is 16.1 Å². The summed E-state index contributed by atoms with van der Waals surface area (Å²) in [5.41, 5.74) is 1.22. The lowest BCUT2D eigenvalue weighted by atomic mass is 9.96. The summed E-state index contributed by atoms with van der Waals surface area (Å²) < 4.78 is 18.5. The molecule has 6 nitrogen and oxygen atoms in total. The average Bonchev–Trinajstić information content (AvgIpc) is 3.06. The van der Waals surface area contributed by atoms with Gasteiger partial charge in [0.1, 0.15) is 17.3 Å². The quantitative estimate of drug-likeness (QED) is 0.350. The zero-order valence-corrected chi connectivity index (χ0v) is 17.7. The smallest absolute Gasteiger partial charge is 0.295 e. The molecule has 4 rings (SSSR count). The predicted octanol–water partition coefficient (Wildman–Crippen LogP) is 4.50. The Labute approximate surface area is 188 Å². The molecule has 0 saturated carbocycles. The van der Waals surface area contributed by atoms with Gasteiger partial charge in [-0.15, -0.1) is 0 Å².